The number of benzene rings is 2. The van der Waals surface area contributed by atoms with E-state index < -0.39 is 11.7 Å². The number of nitrogens with zero attached hydrogens (tertiary/aromatic N) is 2. The third kappa shape index (κ3) is 6.51. The molecule has 0 saturated heterocycles. The van der Waals surface area contributed by atoms with Crippen molar-refractivity contribution in [3.8, 4) is 16.9 Å². The minimum Gasteiger partial charge on any atom is -0.481 e. The molecule has 0 aliphatic carbocycles. The Hall–Kier alpha value is -4.53. The molecule has 1 atom stereocenters. The number of aryl methyl sites for hydroxylation is 1. The van der Waals surface area contributed by atoms with Crippen molar-refractivity contribution in [2.75, 3.05) is 25.1 Å². The fourth-order valence-corrected chi connectivity index (χ4v) is 5.14. The Kier molecular flexibility index (Phi) is 8.11. The molecule has 5 rings (SSSR count). The van der Waals surface area contributed by atoms with Gasteiger partial charge in [0.2, 0.25) is 0 Å². The normalized spacial score (nSPS) is 14.7. The number of hydrogen-bond acceptors (Lipinski definition) is 8. The van der Waals surface area contributed by atoms with Crippen LogP contribution in [0.15, 0.2) is 59.1 Å². The molecule has 1 aliphatic heterocycles. The van der Waals surface area contributed by atoms with Crippen LogP contribution < -0.4 is 15.0 Å². The van der Waals surface area contributed by atoms with E-state index in [2.05, 4.69) is 27.3 Å². The van der Waals surface area contributed by atoms with Crippen molar-refractivity contribution in [2.24, 2.45) is 0 Å². The van der Waals surface area contributed by atoms with E-state index >= 15 is 0 Å². The molecule has 0 radical (unpaired) electrons. The number of rotatable bonds is 7. The van der Waals surface area contributed by atoms with Crippen LogP contribution in [0.2, 0.25) is 0 Å². The molecule has 9 nitrogen and oxygen atoms in total. The second-order valence-electron chi connectivity index (χ2n) is 11.5. The van der Waals surface area contributed by atoms with Gasteiger partial charge < -0.3 is 28.8 Å². The van der Waals surface area contributed by atoms with E-state index in [4.69, 9.17) is 18.6 Å². The van der Waals surface area contributed by atoms with E-state index in [1.807, 2.05) is 71.1 Å². The molecule has 0 fully saturated rings. The fraction of sp³-hybridized carbons (Fsp3) is 0.364. The molecule has 1 aliphatic rings. The van der Waals surface area contributed by atoms with E-state index in [1.54, 1.807) is 13.1 Å². The summed E-state index contributed by atoms with van der Waals surface area (Å²) in [5.41, 5.74) is 5.37. The zero-order chi connectivity index (χ0) is 30.0. The van der Waals surface area contributed by atoms with E-state index in [0.29, 0.717) is 24.6 Å². The smallest absolute Gasteiger partial charge is 0.407 e. The summed E-state index contributed by atoms with van der Waals surface area (Å²) in [5.74, 6) is 1.20. The first-order valence-electron chi connectivity index (χ1n) is 14.1. The summed E-state index contributed by atoms with van der Waals surface area (Å²) >= 11 is 0. The van der Waals surface area contributed by atoms with Gasteiger partial charge in [-0.3, -0.25) is 9.78 Å². The number of furan rings is 1. The Morgan fingerprint density at radius 2 is 1.95 bits per heavy atom. The monoisotopic (exact) mass is 571 g/mol. The quantitative estimate of drug-likeness (QED) is 0.251. The number of likely N-dealkylation sites (N-methyl/N-ethyl adjacent to an activating group) is 1. The van der Waals surface area contributed by atoms with Crippen LogP contribution in [0.1, 0.15) is 56.4 Å². The second-order valence-corrected chi connectivity index (χ2v) is 11.5. The third-order valence-corrected chi connectivity index (χ3v) is 6.90. The van der Waals surface area contributed by atoms with Crippen LogP contribution in [0.3, 0.4) is 0 Å². The standard InChI is InChI=1S/C33H37N3O6/c1-7-39-29(37)17-22-9-8-10-27-31(22)41-28(19-36(27)6)23-14-24-13-20(2)40-30(24)26(16-23)21-11-12-34-25(15-21)18-35-32(38)42-33(3,4)5/h8-16,28H,7,17-19H2,1-6H3,(H,35,38). The lowest BCUT2D eigenvalue weighted by Gasteiger charge is -2.35. The highest BCUT2D eigenvalue weighted by Crippen LogP contribution is 2.42. The number of fused-ring (bicyclic) bond motifs is 2. The van der Waals surface area contributed by atoms with Crippen LogP contribution in [0.25, 0.3) is 22.1 Å². The van der Waals surface area contributed by atoms with Crippen LogP contribution in [0, 0.1) is 6.92 Å². The summed E-state index contributed by atoms with van der Waals surface area (Å²) in [6.07, 6.45) is 1.07. The largest absolute Gasteiger partial charge is 0.481 e. The molecule has 9 heteroatoms. The van der Waals surface area contributed by atoms with Crippen LogP contribution in [0.4, 0.5) is 10.5 Å². The molecule has 0 saturated carbocycles. The van der Waals surface area contributed by atoms with E-state index in [-0.39, 0.29) is 25.0 Å². The number of hydrogen-bond donors (Lipinski definition) is 1. The number of nitrogens with one attached hydrogen (secondary N) is 1. The van der Waals surface area contributed by atoms with E-state index in [9.17, 15) is 9.59 Å². The first-order valence-corrected chi connectivity index (χ1v) is 14.1. The lowest BCUT2D eigenvalue weighted by Crippen LogP contribution is -2.32. The zero-order valence-corrected chi connectivity index (χ0v) is 24.9. The number of carbonyl (C=O) groups is 2. The van der Waals surface area contributed by atoms with Gasteiger partial charge in [-0.25, -0.2) is 4.79 Å². The van der Waals surface area contributed by atoms with Crippen molar-refractivity contribution in [2.45, 2.75) is 59.3 Å². The molecule has 2 aromatic heterocycles. The number of alkyl carbamates (subject to hydrolysis) is 1. The lowest BCUT2D eigenvalue weighted by atomic mass is 9.96. The van der Waals surface area contributed by atoms with Crippen molar-refractivity contribution in [1.29, 1.82) is 0 Å². The summed E-state index contributed by atoms with van der Waals surface area (Å²) in [6.45, 7) is 10.4. The van der Waals surface area contributed by atoms with Gasteiger partial charge in [-0.1, -0.05) is 12.1 Å². The summed E-state index contributed by atoms with van der Waals surface area (Å²) in [5, 5.41) is 3.73. The van der Waals surface area contributed by atoms with Crippen molar-refractivity contribution in [3.63, 3.8) is 0 Å². The summed E-state index contributed by atoms with van der Waals surface area (Å²) < 4.78 is 23.3. The van der Waals surface area contributed by atoms with E-state index in [1.165, 1.54) is 0 Å². The van der Waals surface area contributed by atoms with Gasteiger partial charge in [0.1, 0.15) is 28.8 Å². The Morgan fingerprint density at radius 3 is 2.71 bits per heavy atom. The molecular weight excluding hydrogens is 534 g/mol. The SMILES string of the molecule is CCOC(=O)Cc1cccc2c1OC(c1cc(-c3ccnc(CNC(=O)OC(C)(C)C)c3)c3oc(C)cc3c1)CN2C. The minimum atomic E-state index is -0.585. The molecule has 3 heterocycles. The molecule has 1 unspecified atom stereocenters. The molecule has 0 bridgehead atoms. The van der Waals surface area contributed by atoms with Crippen LogP contribution in [-0.4, -0.2) is 42.8 Å². The van der Waals surface area contributed by atoms with Gasteiger partial charge in [-0.2, -0.15) is 0 Å². The highest BCUT2D eigenvalue weighted by Gasteiger charge is 2.29. The van der Waals surface area contributed by atoms with Gasteiger partial charge in [-0.15, -0.1) is 0 Å². The third-order valence-electron chi connectivity index (χ3n) is 6.90. The van der Waals surface area contributed by atoms with Crippen molar-refractivity contribution >= 4 is 28.7 Å². The van der Waals surface area contributed by atoms with Crippen LogP contribution in [-0.2, 0) is 27.2 Å². The Balaban J connectivity index is 1.47. The van der Waals surface area contributed by atoms with Crippen molar-refractivity contribution in [1.82, 2.24) is 10.3 Å². The van der Waals surface area contributed by atoms with Gasteiger partial charge in [0, 0.05) is 29.8 Å². The fourth-order valence-electron chi connectivity index (χ4n) is 5.14. The predicted octanol–water partition coefficient (Wildman–Crippen LogP) is 6.50. The number of aromatic nitrogens is 1. The summed E-state index contributed by atoms with van der Waals surface area (Å²) in [6, 6.07) is 15.9. The summed E-state index contributed by atoms with van der Waals surface area (Å²) in [7, 11) is 2.02. The Bertz CT molecular complexity index is 1620. The predicted molar refractivity (Wildman–Crippen MR) is 161 cm³/mol. The maximum atomic E-state index is 12.3. The average molecular weight is 572 g/mol. The topological polar surface area (TPSA) is 103 Å². The van der Waals surface area contributed by atoms with E-state index in [0.717, 1.165) is 44.7 Å². The molecule has 2 aromatic carbocycles. The van der Waals surface area contributed by atoms with Gasteiger partial charge in [0.25, 0.3) is 0 Å². The van der Waals surface area contributed by atoms with Crippen molar-refractivity contribution < 1.29 is 28.2 Å². The molecule has 4 aromatic rings. The molecule has 220 valence electrons. The average Bonchev–Trinajstić information content (AvgIpc) is 3.31. The number of ether oxygens (including phenoxy) is 3. The molecule has 42 heavy (non-hydrogen) atoms. The molecule has 1 N–H and O–H groups in total. The number of anilines is 1. The lowest BCUT2D eigenvalue weighted by molar-refractivity contribution is -0.142. The summed E-state index contributed by atoms with van der Waals surface area (Å²) in [4.78, 5) is 31.1. The first kappa shape index (κ1) is 29.0. The maximum absolute atomic E-state index is 12.3. The van der Waals surface area contributed by atoms with Gasteiger partial charge >= 0.3 is 12.1 Å². The first-order chi connectivity index (χ1) is 20.0. The van der Waals surface area contributed by atoms with Crippen molar-refractivity contribution in [3.05, 3.63) is 77.3 Å². The Labute approximate surface area is 245 Å². The molecule has 0 spiro atoms. The van der Waals surface area contributed by atoms with Gasteiger partial charge in [0.15, 0.2) is 0 Å². The number of carbonyl (C=O) groups excluding carboxylic acids is 2. The maximum Gasteiger partial charge on any atom is 0.407 e. The number of para-hydroxylation sites is 1. The minimum absolute atomic E-state index is 0.139. The highest BCUT2D eigenvalue weighted by atomic mass is 16.6. The Morgan fingerprint density at radius 1 is 1.14 bits per heavy atom. The molecular formula is C33H37N3O6. The zero-order valence-electron chi connectivity index (χ0n) is 24.9. The van der Waals surface area contributed by atoms with Gasteiger partial charge in [0.05, 0.1) is 37.5 Å². The molecule has 1 amide bonds. The number of esters is 1. The van der Waals surface area contributed by atoms with Crippen LogP contribution in [0.5, 0.6) is 5.75 Å². The van der Waals surface area contributed by atoms with Gasteiger partial charge in [-0.05, 0) is 82.1 Å². The highest BCUT2D eigenvalue weighted by molar-refractivity contribution is 5.94. The second kappa shape index (κ2) is 11.8. The van der Waals surface area contributed by atoms with Crippen LogP contribution >= 0.6 is 0 Å². The number of pyridine rings is 1. The number of amides is 1.